The summed E-state index contributed by atoms with van der Waals surface area (Å²) in [5, 5.41) is 10.4. The Hall–Kier alpha value is -1.27. The zero-order chi connectivity index (χ0) is 23.9. The number of rotatable bonds is 19. The van der Waals surface area contributed by atoms with Crippen molar-refractivity contribution < 1.29 is 28.8 Å². The molecule has 0 aromatic heterocycles. The van der Waals surface area contributed by atoms with Gasteiger partial charge in [0.05, 0.1) is 13.2 Å². The quantitative estimate of drug-likeness (QED) is 0.161. The summed E-state index contributed by atoms with van der Waals surface area (Å²) in [5.74, 6) is -1.62. The normalized spacial score (nSPS) is 22.2. The molecule has 2 aliphatic rings. The highest BCUT2D eigenvalue weighted by Gasteiger charge is 2.47. The largest absolute Gasteiger partial charge is 0.505 e. The number of carbonyl (C=O) groups excluding carboxylic acids is 1. The molecule has 2 unspecified atom stereocenters. The van der Waals surface area contributed by atoms with Gasteiger partial charge in [0.25, 0.3) is 0 Å². The zero-order valence-electron chi connectivity index (χ0n) is 21.4. The van der Waals surface area contributed by atoms with E-state index in [-0.39, 0.29) is 18.1 Å². The lowest BCUT2D eigenvalue weighted by molar-refractivity contribution is -0.163. The molecule has 0 radical (unpaired) electrons. The van der Waals surface area contributed by atoms with Crippen LogP contribution in [0, 0.1) is 0 Å². The number of ether oxygens (including phenoxy) is 4. The first-order chi connectivity index (χ1) is 15.9. The molecule has 2 aliphatic heterocycles. The van der Waals surface area contributed by atoms with Crippen LogP contribution in [0.4, 0.5) is 0 Å². The summed E-state index contributed by atoms with van der Waals surface area (Å²) in [5.41, 5.74) is 0. The van der Waals surface area contributed by atoms with Crippen molar-refractivity contribution in [2.24, 2.45) is 0 Å². The number of aliphatic hydroxyl groups is 1. The first-order valence-electron chi connectivity index (χ1n) is 13.5. The first kappa shape index (κ1) is 28.0. The highest BCUT2D eigenvalue weighted by molar-refractivity contribution is 5.89. The van der Waals surface area contributed by atoms with Crippen LogP contribution in [-0.4, -0.2) is 42.3 Å². The number of carbonyl (C=O) groups is 1. The van der Waals surface area contributed by atoms with Crippen LogP contribution in [-0.2, 0) is 23.7 Å². The van der Waals surface area contributed by atoms with E-state index in [0.717, 1.165) is 12.8 Å². The van der Waals surface area contributed by atoms with Gasteiger partial charge in [-0.25, -0.2) is 4.79 Å². The maximum absolute atomic E-state index is 12.1. The van der Waals surface area contributed by atoms with Crippen LogP contribution in [0.3, 0.4) is 0 Å². The summed E-state index contributed by atoms with van der Waals surface area (Å²) in [6.45, 7) is 6.53. The molecule has 0 bridgehead atoms. The summed E-state index contributed by atoms with van der Waals surface area (Å²) in [6, 6.07) is 0. The molecule has 0 aromatic rings. The molecule has 0 saturated carbocycles. The maximum atomic E-state index is 12.1. The van der Waals surface area contributed by atoms with Gasteiger partial charge in [0, 0.05) is 0 Å². The third-order valence-electron chi connectivity index (χ3n) is 6.53. The second-order valence-corrected chi connectivity index (χ2v) is 10.1. The number of hydrogen-bond donors (Lipinski definition) is 1. The van der Waals surface area contributed by atoms with E-state index in [2.05, 4.69) is 6.92 Å². The molecule has 192 valence electrons. The average molecular weight is 469 g/mol. The minimum atomic E-state index is -0.847. The molecule has 1 fully saturated rings. The fourth-order valence-electron chi connectivity index (χ4n) is 4.53. The molecular weight excluding hydrogens is 420 g/mol. The number of esters is 1. The number of cyclic esters (lactones) is 1. The number of aliphatic hydroxyl groups excluding tert-OH is 1. The smallest absolute Gasteiger partial charge is 0.378 e. The summed E-state index contributed by atoms with van der Waals surface area (Å²) >= 11 is 0. The van der Waals surface area contributed by atoms with Crippen LogP contribution in [0.2, 0.25) is 0 Å². The Balaban J connectivity index is 1.41. The van der Waals surface area contributed by atoms with Gasteiger partial charge in [-0.2, -0.15) is 0 Å². The Morgan fingerprint density at radius 1 is 0.848 bits per heavy atom. The third kappa shape index (κ3) is 10.7. The van der Waals surface area contributed by atoms with Gasteiger partial charge in [0.1, 0.15) is 6.10 Å². The lowest BCUT2D eigenvalue weighted by Crippen LogP contribution is -2.32. The van der Waals surface area contributed by atoms with Crippen LogP contribution in [0.15, 0.2) is 11.5 Å². The summed E-state index contributed by atoms with van der Waals surface area (Å²) < 4.78 is 22.0. The van der Waals surface area contributed by atoms with Gasteiger partial charge in [-0.3, -0.25) is 0 Å². The lowest BCUT2D eigenvalue weighted by atomic mass is 10.0. The predicted molar refractivity (Wildman–Crippen MR) is 130 cm³/mol. The van der Waals surface area contributed by atoms with E-state index in [4.69, 9.17) is 18.9 Å². The monoisotopic (exact) mass is 468 g/mol. The second-order valence-electron chi connectivity index (χ2n) is 10.1. The Morgan fingerprint density at radius 2 is 1.33 bits per heavy atom. The Kier molecular flexibility index (Phi) is 13.2. The molecular formula is C27H48O6. The van der Waals surface area contributed by atoms with Crippen molar-refractivity contribution in [3.05, 3.63) is 11.5 Å². The summed E-state index contributed by atoms with van der Waals surface area (Å²) in [4.78, 5) is 12.1. The van der Waals surface area contributed by atoms with Gasteiger partial charge >= 0.3 is 5.97 Å². The van der Waals surface area contributed by atoms with E-state index < -0.39 is 24.0 Å². The number of unbranched alkanes of at least 4 members (excludes halogenated alkanes) is 15. The summed E-state index contributed by atoms with van der Waals surface area (Å²) in [6.07, 6.45) is 19.6. The number of hydrogen-bond acceptors (Lipinski definition) is 6. The molecule has 6 nitrogen and oxygen atoms in total. The van der Waals surface area contributed by atoms with Crippen molar-refractivity contribution >= 4 is 5.97 Å². The second kappa shape index (κ2) is 15.6. The first-order valence-corrected chi connectivity index (χ1v) is 13.5. The van der Waals surface area contributed by atoms with E-state index in [9.17, 15) is 9.90 Å². The predicted octanol–water partition coefficient (Wildman–Crippen LogP) is 7.11. The fraction of sp³-hybridized carbons (Fsp3) is 0.889. The van der Waals surface area contributed by atoms with E-state index in [1.165, 1.54) is 89.9 Å². The molecule has 2 heterocycles. The van der Waals surface area contributed by atoms with Crippen LogP contribution < -0.4 is 0 Å². The van der Waals surface area contributed by atoms with Gasteiger partial charge in [0.2, 0.25) is 5.76 Å². The molecule has 0 amide bonds. The lowest BCUT2D eigenvalue weighted by Gasteiger charge is -2.19. The van der Waals surface area contributed by atoms with E-state index >= 15 is 0 Å². The van der Waals surface area contributed by atoms with Crippen LogP contribution in [0.25, 0.3) is 0 Å². The van der Waals surface area contributed by atoms with E-state index in [0.29, 0.717) is 6.61 Å². The maximum Gasteiger partial charge on any atom is 0.378 e. The van der Waals surface area contributed by atoms with Crippen molar-refractivity contribution in [2.75, 3.05) is 13.2 Å². The molecule has 0 aliphatic carbocycles. The minimum absolute atomic E-state index is 0.0748. The molecule has 2 atom stereocenters. The van der Waals surface area contributed by atoms with Gasteiger partial charge in [-0.1, -0.05) is 103 Å². The van der Waals surface area contributed by atoms with Gasteiger partial charge in [0.15, 0.2) is 17.7 Å². The zero-order valence-corrected chi connectivity index (χ0v) is 21.4. The molecule has 1 N–H and O–H groups in total. The van der Waals surface area contributed by atoms with Crippen molar-refractivity contribution in [3.63, 3.8) is 0 Å². The highest BCUT2D eigenvalue weighted by atomic mass is 16.8. The van der Waals surface area contributed by atoms with Crippen molar-refractivity contribution in [1.82, 2.24) is 0 Å². The Bertz CT molecular complexity index is 585. The Morgan fingerprint density at radius 3 is 1.79 bits per heavy atom. The highest BCUT2D eigenvalue weighted by Crippen LogP contribution is 2.32. The van der Waals surface area contributed by atoms with E-state index in [1.807, 2.05) is 0 Å². The SMILES string of the molecule is CCCCCCCCCCCCCCCCCCOC1=C(O)C(C2COC(C)(C)O2)OC1=O. The fourth-order valence-corrected chi connectivity index (χ4v) is 4.53. The van der Waals surface area contributed by atoms with Gasteiger partial charge in [-0.05, 0) is 20.3 Å². The van der Waals surface area contributed by atoms with Crippen molar-refractivity contribution in [1.29, 1.82) is 0 Å². The molecule has 0 aromatic carbocycles. The third-order valence-corrected chi connectivity index (χ3v) is 6.53. The molecule has 6 heteroatoms. The molecule has 0 spiro atoms. The van der Waals surface area contributed by atoms with Crippen molar-refractivity contribution in [3.8, 4) is 0 Å². The minimum Gasteiger partial charge on any atom is -0.505 e. The Labute approximate surface area is 201 Å². The van der Waals surface area contributed by atoms with E-state index in [1.54, 1.807) is 13.8 Å². The van der Waals surface area contributed by atoms with Gasteiger partial charge in [-0.15, -0.1) is 0 Å². The topological polar surface area (TPSA) is 74.2 Å². The molecule has 1 saturated heterocycles. The van der Waals surface area contributed by atoms with Crippen LogP contribution >= 0.6 is 0 Å². The average Bonchev–Trinajstić information content (AvgIpc) is 3.28. The molecule has 33 heavy (non-hydrogen) atoms. The standard InChI is InChI=1S/C27H48O6/c1-4-5-6-7-8-9-10-11-12-13-14-15-16-17-18-19-20-30-25-23(28)24(32-26(25)29)22-21-31-27(2,3)33-22/h22,24,28H,4-21H2,1-3H3. The van der Waals surface area contributed by atoms with Crippen molar-refractivity contribution in [2.45, 2.75) is 141 Å². The van der Waals surface area contributed by atoms with Crippen LogP contribution in [0.5, 0.6) is 0 Å². The van der Waals surface area contributed by atoms with Gasteiger partial charge < -0.3 is 24.1 Å². The summed E-state index contributed by atoms with van der Waals surface area (Å²) in [7, 11) is 0. The molecule has 2 rings (SSSR count). The van der Waals surface area contributed by atoms with Crippen LogP contribution in [0.1, 0.15) is 124 Å².